The van der Waals surface area contributed by atoms with Crippen LogP contribution in [0.5, 0.6) is 0 Å². The molecule has 1 unspecified atom stereocenters. The fourth-order valence-electron chi connectivity index (χ4n) is 1.71. The number of sulfonamides is 1. The molecule has 3 N–H and O–H groups in total. The summed E-state index contributed by atoms with van der Waals surface area (Å²) in [6.07, 6.45) is 2.82. The number of hydrogen-bond donors (Lipinski definition) is 3. The Balaban J connectivity index is 0.00000180. The minimum Gasteiger partial charge on any atom is -0.387 e. The minimum absolute atomic E-state index is 0. The van der Waals surface area contributed by atoms with E-state index in [0.717, 1.165) is 6.26 Å². The number of aliphatic hydroxyl groups is 1. The van der Waals surface area contributed by atoms with Crippen LogP contribution in [0.4, 0.5) is 5.69 Å². The third kappa shape index (κ3) is 5.78. The molecule has 0 aromatic heterocycles. The van der Waals surface area contributed by atoms with E-state index in [1.165, 1.54) is 12.8 Å². The van der Waals surface area contributed by atoms with Crippen LogP contribution >= 0.6 is 12.4 Å². The van der Waals surface area contributed by atoms with E-state index in [1.807, 2.05) is 0 Å². The first-order chi connectivity index (χ1) is 8.44. The molecule has 7 heteroatoms. The topological polar surface area (TPSA) is 78.4 Å². The fraction of sp³-hybridized carbons (Fsp3) is 0.500. The molecule has 1 aliphatic carbocycles. The molecule has 19 heavy (non-hydrogen) atoms. The molecule has 5 nitrogen and oxygen atoms in total. The lowest BCUT2D eigenvalue weighted by Gasteiger charge is -2.13. The number of anilines is 1. The molecular formula is C12H19ClN2O3S. The van der Waals surface area contributed by atoms with Crippen molar-refractivity contribution in [2.24, 2.45) is 0 Å². The Morgan fingerprint density at radius 3 is 2.68 bits per heavy atom. The van der Waals surface area contributed by atoms with Crippen molar-refractivity contribution in [2.75, 3.05) is 17.5 Å². The number of hydrogen-bond acceptors (Lipinski definition) is 4. The van der Waals surface area contributed by atoms with Gasteiger partial charge in [0.25, 0.3) is 0 Å². The Bertz CT molecular complexity index is 517. The second kappa shape index (κ2) is 6.56. The van der Waals surface area contributed by atoms with Gasteiger partial charge in [-0.15, -0.1) is 12.4 Å². The maximum absolute atomic E-state index is 11.1. The second-order valence-corrected chi connectivity index (χ2v) is 6.45. The van der Waals surface area contributed by atoms with Crippen molar-refractivity contribution in [3.8, 4) is 0 Å². The lowest BCUT2D eigenvalue weighted by Crippen LogP contribution is -2.23. The Labute approximate surface area is 119 Å². The molecule has 1 fully saturated rings. The molecule has 1 aromatic rings. The van der Waals surface area contributed by atoms with Crippen molar-refractivity contribution >= 4 is 28.1 Å². The predicted octanol–water partition coefficient (Wildman–Crippen LogP) is 1.27. The van der Waals surface area contributed by atoms with Gasteiger partial charge in [0.2, 0.25) is 10.0 Å². The van der Waals surface area contributed by atoms with Crippen LogP contribution in [0.3, 0.4) is 0 Å². The number of aliphatic hydroxyl groups excluding tert-OH is 1. The first kappa shape index (κ1) is 16.2. The molecule has 0 aliphatic heterocycles. The standard InChI is InChI=1S/C12H18N2O3S.ClH/c1-18(16,17)14-11-4-2-3-9(7-11)12(15)8-13-10-5-6-10;/h2-4,7,10,12-15H,5-6,8H2,1H3;1H. The molecule has 0 amide bonds. The first-order valence-corrected chi connectivity index (χ1v) is 7.82. The van der Waals surface area contributed by atoms with E-state index in [1.54, 1.807) is 24.3 Å². The van der Waals surface area contributed by atoms with E-state index in [-0.39, 0.29) is 12.4 Å². The first-order valence-electron chi connectivity index (χ1n) is 5.93. The summed E-state index contributed by atoms with van der Waals surface area (Å²) in [6, 6.07) is 7.36. The SMILES string of the molecule is CS(=O)(=O)Nc1cccc(C(O)CNC2CC2)c1.Cl. The van der Waals surface area contributed by atoms with E-state index >= 15 is 0 Å². The average molecular weight is 307 g/mol. The quantitative estimate of drug-likeness (QED) is 0.739. The number of rotatable bonds is 6. The van der Waals surface area contributed by atoms with Crippen molar-refractivity contribution in [3.05, 3.63) is 29.8 Å². The maximum Gasteiger partial charge on any atom is 0.229 e. The third-order valence-corrected chi connectivity index (χ3v) is 3.36. The lowest BCUT2D eigenvalue weighted by atomic mass is 10.1. The summed E-state index contributed by atoms with van der Waals surface area (Å²) in [5.41, 5.74) is 1.18. The molecule has 108 valence electrons. The van der Waals surface area contributed by atoms with Gasteiger partial charge in [-0.1, -0.05) is 12.1 Å². The lowest BCUT2D eigenvalue weighted by molar-refractivity contribution is 0.174. The fourth-order valence-corrected chi connectivity index (χ4v) is 2.26. The monoisotopic (exact) mass is 306 g/mol. The van der Waals surface area contributed by atoms with Gasteiger partial charge in [0.05, 0.1) is 12.4 Å². The van der Waals surface area contributed by atoms with Crippen molar-refractivity contribution < 1.29 is 13.5 Å². The molecule has 0 radical (unpaired) electrons. The minimum atomic E-state index is -3.28. The van der Waals surface area contributed by atoms with Crippen molar-refractivity contribution in [2.45, 2.75) is 25.0 Å². The summed E-state index contributed by atoms with van der Waals surface area (Å²) in [5.74, 6) is 0. The Hall–Kier alpha value is -0.820. The summed E-state index contributed by atoms with van der Waals surface area (Å²) < 4.78 is 24.6. The van der Waals surface area contributed by atoms with Crippen LogP contribution in [0.25, 0.3) is 0 Å². The van der Waals surface area contributed by atoms with E-state index in [2.05, 4.69) is 10.0 Å². The summed E-state index contributed by atoms with van der Waals surface area (Å²) >= 11 is 0. The van der Waals surface area contributed by atoms with Crippen LogP contribution in [-0.2, 0) is 10.0 Å². The Kier molecular flexibility index (Phi) is 5.61. The summed E-state index contributed by atoms with van der Waals surface area (Å²) in [6.45, 7) is 0.493. The second-order valence-electron chi connectivity index (χ2n) is 4.70. The number of benzene rings is 1. The molecule has 1 atom stereocenters. The van der Waals surface area contributed by atoms with Gasteiger partial charge in [-0.05, 0) is 30.5 Å². The largest absolute Gasteiger partial charge is 0.387 e. The van der Waals surface area contributed by atoms with E-state index in [4.69, 9.17) is 0 Å². The number of nitrogens with one attached hydrogen (secondary N) is 2. The van der Waals surface area contributed by atoms with Crippen LogP contribution in [0.1, 0.15) is 24.5 Å². The summed E-state index contributed by atoms with van der Waals surface area (Å²) in [7, 11) is -3.28. The smallest absolute Gasteiger partial charge is 0.229 e. The molecular weight excluding hydrogens is 288 g/mol. The van der Waals surface area contributed by atoms with Crippen molar-refractivity contribution in [1.29, 1.82) is 0 Å². The van der Waals surface area contributed by atoms with Crippen molar-refractivity contribution in [3.63, 3.8) is 0 Å². The van der Waals surface area contributed by atoms with Gasteiger partial charge >= 0.3 is 0 Å². The summed E-state index contributed by atoms with van der Waals surface area (Å²) in [5, 5.41) is 13.2. The van der Waals surface area contributed by atoms with Crippen molar-refractivity contribution in [1.82, 2.24) is 5.32 Å². The van der Waals surface area contributed by atoms with Crippen LogP contribution in [0.15, 0.2) is 24.3 Å². The zero-order chi connectivity index (χ0) is 13.2. The number of halogens is 1. The Morgan fingerprint density at radius 1 is 1.42 bits per heavy atom. The summed E-state index contributed by atoms with van der Waals surface area (Å²) in [4.78, 5) is 0. The maximum atomic E-state index is 11.1. The van der Waals surface area contributed by atoms with E-state index < -0.39 is 16.1 Å². The highest BCUT2D eigenvalue weighted by molar-refractivity contribution is 7.92. The molecule has 1 aromatic carbocycles. The van der Waals surface area contributed by atoms with Gasteiger partial charge in [-0.2, -0.15) is 0 Å². The van der Waals surface area contributed by atoms with Crippen LogP contribution in [-0.4, -0.2) is 32.4 Å². The van der Waals surface area contributed by atoms with Gasteiger partial charge in [-0.3, -0.25) is 4.72 Å². The average Bonchev–Trinajstić information content (AvgIpc) is 3.07. The highest BCUT2D eigenvalue weighted by Gasteiger charge is 2.21. The van der Waals surface area contributed by atoms with E-state index in [0.29, 0.717) is 23.8 Å². The zero-order valence-electron chi connectivity index (χ0n) is 10.7. The third-order valence-electron chi connectivity index (χ3n) is 2.75. The van der Waals surface area contributed by atoms with Gasteiger partial charge < -0.3 is 10.4 Å². The zero-order valence-corrected chi connectivity index (χ0v) is 12.3. The molecule has 2 rings (SSSR count). The predicted molar refractivity (Wildman–Crippen MR) is 78.1 cm³/mol. The molecule has 0 bridgehead atoms. The van der Waals surface area contributed by atoms with E-state index in [9.17, 15) is 13.5 Å². The Morgan fingerprint density at radius 2 is 2.11 bits per heavy atom. The van der Waals surface area contributed by atoms with Crippen LogP contribution in [0.2, 0.25) is 0 Å². The van der Waals surface area contributed by atoms with Gasteiger partial charge in [0.1, 0.15) is 0 Å². The van der Waals surface area contributed by atoms with Gasteiger partial charge in [0.15, 0.2) is 0 Å². The van der Waals surface area contributed by atoms with Gasteiger partial charge in [0, 0.05) is 18.3 Å². The molecule has 1 saturated carbocycles. The molecule has 1 aliphatic rings. The van der Waals surface area contributed by atoms with Crippen LogP contribution in [0, 0.1) is 0 Å². The molecule has 0 spiro atoms. The molecule has 0 saturated heterocycles. The normalized spacial score (nSPS) is 16.5. The van der Waals surface area contributed by atoms with Gasteiger partial charge in [-0.25, -0.2) is 8.42 Å². The molecule has 0 heterocycles. The highest BCUT2D eigenvalue weighted by Crippen LogP contribution is 2.21. The highest BCUT2D eigenvalue weighted by atomic mass is 35.5. The van der Waals surface area contributed by atoms with Crippen LogP contribution < -0.4 is 10.0 Å².